The van der Waals surface area contributed by atoms with E-state index in [9.17, 15) is 19.5 Å². The van der Waals surface area contributed by atoms with Crippen LogP contribution >= 0.6 is 34.8 Å². The first-order valence-electron chi connectivity index (χ1n) is 9.87. The lowest BCUT2D eigenvalue weighted by molar-refractivity contribution is -0.122. The number of nitrogens with zero attached hydrogens (tertiary/aromatic N) is 2. The highest BCUT2D eigenvalue weighted by atomic mass is 127. The molecule has 0 radical (unpaired) electrons. The van der Waals surface area contributed by atoms with Gasteiger partial charge in [-0.25, -0.2) is 4.79 Å². The molecule has 0 bridgehead atoms. The van der Waals surface area contributed by atoms with Gasteiger partial charge in [-0.2, -0.15) is 0 Å². The van der Waals surface area contributed by atoms with Gasteiger partial charge in [-0.1, -0.05) is 12.1 Å². The van der Waals surface area contributed by atoms with Gasteiger partial charge in [-0.15, -0.1) is 0 Å². The number of aromatic nitrogens is 1. The minimum atomic E-state index is -1.13. The molecule has 3 aromatic rings. The molecule has 4 rings (SSSR count). The molecule has 1 fully saturated rings. The molecule has 1 aliphatic rings. The third-order valence-corrected chi connectivity index (χ3v) is 6.25. The number of aromatic carboxylic acids is 1. The van der Waals surface area contributed by atoms with Crippen molar-refractivity contribution < 1.29 is 19.5 Å². The van der Waals surface area contributed by atoms with Crippen molar-refractivity contribution >= 4 is 69.5 Å². The second-order valence-corrected chi connectivity index (χ2v) is 9.09. The van der Waals surface area contributed by atoms with Crippen LogP contribution in [0.3, 0.4) is 0 Å². The molecule has 2 N–H and O–H groups in total. The van der Waals surface area contributed by atoms with Gasteiger partial charge in [0.15, 0.2) is 5.11 Å². The number of rotatable bonds is 4. The Labute approximate surface area is 208 Å². The van der Waals surface area contributed by atoms with Crippen molar-refractivity contribution in [3.05, 3.63) is 86.3 Å². The second-order valence-electron chi connectivity index (χ2n) is 7.46. The monoisotopic (exact) mass is 571 g/mol. The smallest absolute Gasteiger partial charge is 0.335 e. The summed E-state index contributed by atoms with van der Waals surface area (Å²) in [6.45, 7) is 3.87. The Bertz CT molecular complexity index is 1380. The number of carbonyl (C=O) groups is 3. The van der Waals surface area contributed by atoms with Crippen molar-refractivity contribution in [3.8, 4) is 5.69 Å². The number of nitrogens with one attached hydrogen (secondary N) is 1. The van der Waals surface area contributed by atoms with E-state index in [2.05, 4.69) is 32.5 Å². The first-order valence-corrected chi connectivity index (χ1v) is 11.4. The first-order chi connectivity index (χ1) is 15.7. The average molecular weight is 571 g/mol. The molecule has 1 saturated heterocycles. The molecule has 33 heavy (non-hydrogen) atoms. The van der Waals surface area contributed by atoms with E-state index >= 15 is 0 Å². The minimum Gasteiger partial charge on any atom is -0.478 e. The SMILES string of the molecule is Cc1cc(C=C2C(=O)NC(=S)N(c3cccc(C(=O)O)c3)C2=O)c(C)n1-c1cccc(I)c1. The van der Waals surface area contributed by atoms with Gasteiger partial charge in [0.1, 0.15) is 5.57 Å². The van der Waals surface area contributed by atoms with E-state index in [1.165, 1.54) is 18.2 Å². The number of amides is 2. The van der Waals surface area contributed by atoms with Crippen LogP contribution in [0.25, 0.3) is 11.8 Å². The average Bonchev–Trinajstić information content (AvgIpc) is 3.04. The molecule has 0 atom stereocenters. The van der Waals surface area contributed by atoms with E-state index in [-0.39, 0.29) is 21.9 Å². The first kappa shape index (κ1) is 22.9. The van der Waals surface area contributed by atoms with Crippen molar-refractivity contribution in [2.75, 3.05) is 4.90 Å². The molecule has 2 amide bonds. The van der Waals surface area contributed by atoms with E-state index in [1.54, 1.807) is 12.1 Å². The number of hydrogen-bond acceptors (Lipinski definition) is 4. The molecule has 0 aliphatic carbocycles. The van der Waals surface area contributed by atoms with Crippen LogP contribution in [0.1, 0.15) is 27.3 Å². The van der Waals surface area contributed by atoms with Gasteiger partial charge in [0, 0.05) is 20.6 Å². The van der Waals surface area contributed by atoms with Crippen LogP contribution in [0.5, 0.6) is 0 Å². The molecule has 1 aromatic heterocycles. The predicted molar refractivity (Wildman–Crippen MR) is 138 cm³/mol. The maximum atomic E-state index is 13.3. The fraction of sp³-hybridized carbons (Fsp3) is 0.0833. The molecule has 7 nitrogen and oxygen atoms in total. The molecular formula is C24H18IN3O4S. The van der Waals surface area contributed by atoms with Crippen molar-refractivity contribution in [1.82, 2.24) is 9.88 Å². The maximum absolute atomic E-state index is 13.3. The van der Waals surface area contributed by atoms with Gasteiger partial charge < -0.3 is 9.67 Å². The molecular weight excluding hydrogens is 553 g/mol. The second kappa shape index (κ2) is 8.91. The molecule has 2 heterocycles. The maximum Gasteiger partial charge on any atom is 0.335 e. The standard InChI is InChI=1S/C24H18IN3O4S/c1-13-9-16(14(2)27(13)19-8-4-6-17(25)12-19)11-20-21(29)26-24(33)28(22(20)30)18-7-3-5-15(10-18)23(31)32/h3-12H,1-2H3,(H,31,32)(H,26,29,33). The summed E-state index contributed by atoms with van der Waals surface area (Å²) < 4.78 is 3.14. The number of aryl methyl sites for hydroxylation is 1. The van der Waals surface area contributed by atoms with Gasteiger partial charge in [-0.3, -0.25) is 19.8 Å². The van der Waals surface area contributed by atoms with Gasteiger partial charge in [0.2, 0.25) is 0 Å². The molecule has 0 saturated carbocycles. The quantitative estimate of drug-likeness (QED) is 0.212. The highest BCUT2D eigenvalue weighted by Crippen LogP contribution is 2.27. The summed E-state index contributed by atoms with van der Waals surface area (Å²) in [5, 5.41) is 11.7. The molecule has 2 aromatic carbocycles. The van der Waals surface area contributed by atoms with Crippen molar-refractivity contribution in [2.24, 2.45) is 0 Å². The van der Waals surface area contributed by atoms with Crippen LogP contribution in [0.2, 0.25) is 0 Å². The Balaban J connectivity index is 1.77. The summed E-state index contributed by atoms with van der Waals surface area (Å²) in [5.41, 5.74) is 3.70. The summed E-state index contributed by atoms with van der Waals surface area (Å²) in [4.78, 5) is 38.5. The van der Waals surface area contributed by atoms with E-state index in [4.69, 9.17) is 12.2 Å². The Hall–Kier alpha value is -3.31. The number of halogens is 1. The Morgan fingerprint density at radius 1 is 1.06 bits per heavy atom. The summed E-state index contributed by atoms with van der Waals surface area (Å²) in [5.74, 6) is -2.35. The topological polar surface area (TPSA) is 91.6 Å². The lowest BCUT2D eigenvalue weighted by atomic mass is 10.1. The largest absolute Gasteiger partial charge is 0.478 e. The van der Waals surface area contributed by atoms with E-state index in [1.807, 2.05) is 44.2 Å². The number of carboxylic acids is 1. The zero-order chi connectivity index (χ0) is 23.9. The summed E-state index contributed by atoms with van der Waals surface area (Å²) in [6, 6.07) is 15.8. The highest BCUT2D eigenvalue weighted by Gasteiger charge is 2.35. The Morgan fingerprint density at radius 2 is 1.76 bits per heavy atom. The van der Waals surface area contributed by atoms with Gasteiger partial charge in [0.05, 0.1) is 11.3 Å². The molecule has 9 heteroatoms. The number of anilines is 1. The fourth-order valence-electron chi connectivity index (χ4n) is 3.77. The molecule has 1 aliphatic heterocycles. The van der Waals surface area contributed by atoms with Crippen LogP contribution in [0.15, 0.2) is 60.2 Å². The molecule has 0 unspecified atom stereocenters. The van der Waals surface area contributed by atoms with Crippen LogP contribution in [0, 0.1) is 17.4 Å². The van der Waals surface area contributed by atoms with E-state index in [0.717, 1.165) is 31.1 Å². The number of carboxylic acid groups (broad SMARTS) is 1. The van der Waals surface area contributed by atoms with Crippen LogP contribution in [-0.2, 0) is 9.59 Å². The summed E-state index contributed by atoms with van der Waals surface area (Å²) in [7, 11) is 0. The third kappa shape index (κ3) is 4.33. The van der Waals surface area contributed by atoms with Gasteiger partial charge >= 0.3 is 5.97 Å². The van der Waals surface area contributed by atoms with Crippen molar-refractivity contribution in [1.29, 1.82) is 0 Å². The lowest BCUT2D eigenvalue weighted by Gasteiger charge is -2.29. The van der Waals surface area contributed by atoms with E-state index < -0.39 is 17.8 Å². The Kier molecular flexibility index (Phi) is 6.17. The zero-order valence-electron chi connectivity index (χ0n) is 17.6. The summed E-state index contributed by atoms with van der Waals surface area (Å²) in [6.07, 6.45) is 1.54. The molecule has 0 spiro atoms. The van der Waals surface area contributed by atoms with Crippen LogP contribution in [0.4, 0.5) is 5.69 Å². The third-order valence-electron chi connectivity index (χ3n) is 5.29. The molecule has 166 valence electrons. The summed E-state index contributed by atoms with van der Waals surface area (Å²) >= 11 is 7.46. The fourth-order valence-corrected chi connectivity index (χ4v) is 4.58. The number of benzene rings is 2. The zero-order valence-corrected chi connectivity index (χ0v) is 20.6. The van der Waals surface area contributed by atoms with Gasteiger partial charge in [-0.05, 0) is 103 Å². The van der Waals surface area contributed by atoms with Crippen LogP contribution < -0.4 is 10.2 Å². The van der Waals surface area contributed by atoms with E-state index in [0.29, 0.717) is 0 Å². The van der Waals surface area contributed by atoms with Crippen molar-refractivity contribution in [2.45, 2.75) is 13.8 Å². The normalized spacial score (nSPS) is 15.2. The predicted octanol–water partition coefficient (Wildman–Crippen LogP) is 4.23. The van der Waals surface area contributed by atoms with Crippen LogP contribution in [-0.4, -0.2) is 32.6 Å². The minimum absolute atomic E-state index is 0.00608. The highest BCUT2D eigenvalue weighted by molar-refractivity contribution is 14.1. The number of thiocarbonyl (C=S) groups is 1. The number of hydrogen-bond donors (Lipinski definition) is 2. The number of carbonyl (C=O) groups excluding carboxylic acids is 2. The van der Waals surface area contributed by atoms with Gasteiger partial charge in [0.25, 0.3) is 11.8 Å². The lowest BCUT2D eigenvalue weighted by Crippen LogP contribution is -2.54. The van der Waals surface area contributed by atoms with Crippen molar-refractivity contribution in [3.63, 3.8) is 0 Å². The Morgan fingerprint density at radius 3 is 2.45 bits per heavy atom.